The first-order chi connectivity index (χ1) is 13.1. The quantitative estimate of drug-likeness (QED) is 0.470. The highest BCUT2D eigenvalue weighted by atomic mass is 31.1. The van der Waals surface area contributed by atoms with E-state index in [2.05, 4.69) is 0 Å². The molecule has 0 bridgehead atoms. The molecule has 144 valence electrons. The van der Waals surface area contributed by atoms with Crippen LogP contribution in [0.5, 0.6) is 11.5 Å². The van der Waals surface area contributed by atoms with E-state index in [4.69, 9.17) is 29.5 Å². The SMILES string of the molecule is O=C(O)c1cccc(C(=O)O)c1O[P+](=O)Oc1c(C(=O)O)cccc1C(=O)O. The van der Waals surface area contributed by atoms with Gasteiger partial charge in [-0.15, -0.1) is 0 Å². The Bertz CT molecular complexity index is 868. The lowest BCUT2D eigenvalue weighted by atomic mass is 10.1. The van der Waals surface area contributed by atoms with Crippen molar-refractivity contribution in [2.45, 2.75) is 0 Å². The van der Waals surface area contributed by atoms with Gasteiger partial charge in [0.15, 0.2) is 0 Å². The maximum absolute atomic E-state index is 12.2. The van der Waals surface area contributed by atoms with Crippen molar-refractivity contribution >= 4 is 32.1 Å². The minimum atomic E-state index is -3.40. The molecule has 0 saturated carbocycles. The van der Waals surface area contributed by atoms with E-state index >= 15 is 0 Å². The average molecular weight is 409 g/mol. The molecule has 0 atom stereocenters. The molecular weight excluding hydrogens is 399 g/mol. The van der Waals surface area contributed by atoms with Crippen molar-refractivity contribution in [2.24, 2.45) is 0 Å². The minimum absolute atomic E-state index is 0.642. The fourth-order valence-electron chi connectivity index (χ4n) is 2.11. The molecule has 0 heterocycles. The van der Waals surface area contributed by atoms with Gasteiger partial charge in [-0.1, -0.05) is 12.1 Å². The highest BCUT2D eigenvalue weighted by molar-refractivity contribution is 7.34. The Balaban J connectivity index is 2.47. The molecule has 0 aliphatic carbocycles. The number of rotatable bonds is 8. The summed E-state index contributed by atoms with van der Waals surface area (Å²) in [4.78, 5) is 45.0. The lowest BCUT2D eigenvalue weighted by Gasteiger charge is -2.05. The van der Waals surface area contributed by atoms with Gasteiger partial charge < -0.3 is 20.4 Å². The van der Waals surface area contributed by atoms with Crippen LogP contribution in [0.1, 0.15) is 41.4 Å². The van der Waals surface area contributed by atoms with Crippen LogP contribution >= 0.6 is 8.25 Å². The van der Waals surface area contributed by atoms with Crippen molar-refractivity contribution in [1.82, 2.24) is 0 Å². The van der Waals surface area contributed by atoms with Crippen LogP contribution in [0.25, 0.3) is 0 Å². The molecule has 28 heavy (non-hydrogen) atoms. The van der Waals surface area contributed by atoms with E-state index in [1.165, 1.54) is 0 Å². The first-order valence-corrected chi connectivity index (χ1v) is 8.25. The lowest BCUT2D eigenvalue weighted by molar-refractivity contribution is 0.0673. The maximum Gasteiger partial charge on any atom is 0.805 e. The Kier molecular flexibility index (Phi) is 5.91. The van der Waals surface area contributed by atoms with Gasteiger partial charge in [-0.25, -0.2) is 28.2 Å². The monoisotopic (exact) mass is 409 g/mol. The highest BCUT2D eigenvalue weighted by Crippen LogP contribution is 2.38. The fourth-order valence-corrected chi connectivity index (χ4v) is 2.84. The summed E-state index contributed by atoms with van der Waals surface area (Å²) in [6.07, 6.45) is 0. The first-order valence-electron chi connectivity index (χ1n) is 7.15. The summed E-state index contributed by atoms with van der Waals surface area (Å²) in [5.74, 6) is -7.93. The van der Waals surface area contributed by atoms with Gasteiger partial charge in [0.05, 0.1) is 0 Å². The molecule has 0 aliphatic rings. The Morgan fingerprint density at radius 1 is 0.607 bits per heavy atom. The molecule has 11 nitrogen and oxygen atoms in total. The van der Waals surface area contributed by atoms with Crippen LogP contribution in [0.2, 0.25) is 0 Å². The largest absolute Gasteiger partial charge is 0.805 e. The summed E-state index contributed by atoms with van der Waals surface area (Å²) in [5.41, 5.74) is -2.57. The Hall–Kier alpha value is -3.98. The van der Waals surface area contributed by atoms with Gasteiger partial charge >= 0.3 is 32.1 Å². The second-order valence-corrected chi connectivity index (χ2v) is 5.80. The van der Waals surface area contributed by atoms with Crippen LogP contribution < -0.4 is 9.05 Å². The fraction of sp³-hybridized carbons (Fsp3) is 0. The van der Waals surface area contributed by atoms with E-state index in [1.807, 2.05) is 0 Å². The third kappa shape index (κ3) is 4.22. The van der Waals surface area contributed by atoms with E-state index in [9.17, 15) is 23.7 Å². The van der Waals surface area contributed by atoms with Crippen LogP contribution in [0.15, 0.2) is 36.4 Å². The number of carboxylic acids is 4. The maximum atomic E-state index is 12.2. The number of hydrogen-bond donors (Lipinski definition) is 4. The van der Waals surface area contributed by atoms with Crippen molar-refractivity contribution in [2.75, 3.05) is 0 Å². The molecule has 0 spiro atoms. The Morgan fingerprint density at radius 3 is 1.07 bits per heavy atom. The second kappa shape index (κ2) is 8.14. The first kappa shape index (κ1) is 20.3. The van der Waals surface area contributed by atoms with Crippen LogP contribution in [-0.4, -0.2) is 44.3 Å². The standard InChI is InChI=1S/C16H9O11P/c17-13(18)7-3-1-4-8(14(19)20)11(7)26-28(25)27-12-9(15(21)22)5-2-6-10(12)16(23)24/h1-6H,(H3-,17,18,19,20,21,22,23,24)/p+1. The number of para-hydroxylation sites is 2. The predicted molar refractivity (Wildman–Crippen MR) is 89.6 cm³/mol. The summed E-state index contributed by atoms with van der Waals surface area (Å²) in [6, 6.07) is 6.19. The zero-order chi connectivity index (χ0) is 21.0. The molecule has 2 aromatic rings. The summed E-state index contributed by atoms with van der Waals surface area (Å²) in [6.45, 7) is 0. The molecule has 0 unspecified atom stereocenters. The molecule has 4 N–H and O–H groups in total. The van der Waals surface area contributed by atoms with Gasteiger partial charge in [-0.05, 0) is 24.3 Å². The van der Waals surface area contributed by atoms with Gasteiger partial charge in [0.1, 0.15) is 22.3 Å². The van der Waals surface area contributed by atoms with Crippen LogP contribution in [0.4, 0.5) is 0 Å². The third-order valence-corrected chi connectivity index (χ3v) is 3.95. The van der Waals surface area contributed by atoms with Crippen molar-refractivity contribution in [3.05, 3.63) is 58.7 Å². The van der Waals surface area contributed by atoms with Crippen molar-refractivity contribution in [1.29, 1.82) is 0 Å². The van der Waals surface area contributed by atoms with E-state index in [0.717, 1.165) is 36.4 Å². The van der Waals surface area contributed by atoms with E-state index in [1.54, 1.807) is 0 Å². The molecular formula is C16H10O11P+. The zero-order valence-corrected chi connectivity index (χ0v) is 14.5. The number of hydrogen-bond acceptors (Lipinski definition) is 7. The molecule has 0 aromatic heterocycles. The minimum Gasteiger partial charge on any atom is -0.478 e. The van der Waals surface area contributed by atoms with Crippen LogP contribution in [0, 0.1) is 0 Å². The second-order valence-electron chi connectivity index (χ2n) is 4.99. The molecule has 0 amide bonds. The molecule has 12 heteroatoms. The summed E-state index contributed by atoms with van der Waals surface area (Å²) in [7, 11) is -3.40. The Morgan fingerprint density at radius 2 is 0.857 bits per heavy atom. The Labute approximate surface area is 156 Å². The third-order valence-electron chi connectivity index (χ3n) is 3.28. The predicted octanol–water partition coefficient (Wildman–Crippen LogP) is 2.59. The number of carboxylic acid groups (broad SMARTS) is 4. The molecule has 2 rings (SSSR count). The molecule has 2 aromatic carbocycles. The smallest absolute Gasteiger partial charge is 0.478 e. The lowest BCUT2D eigenvalue weighted by Crippen LogP contribution is -2.09. The number of carbonyl (C=O) groups is 4. The van der Waals surface area contributed by atoms with E-state index < -0.39 is 65.9 Å². The van der Waals surface area contributed by atoms with Crippen molar-refractivity contribution < 1.29 is 53.2 Å². The normalized spacial score (nSPS) is 10.0. The average Bonchev–Trinajstić information content (AvgIpc) is 2.61. The number of aromatic carboxylic acids is 4. The summed E-state index contributed by atoms with van der Waals surface area (Å²) < 4.78 is 21.8. The van der Waals surface area contributed by atoms with Crippen molar-refractivity contribution in [3.8, 4) is 11.5 Å². The van der Waals surface area contributed by atoms with Crippen LogP contribution in [-0.2, 0) is 4.57 Å². The molecule has 0 fully saturated rings. The van der Waals surface area contributed by atoms with E-state index in [-0.39, 0.29) is 0 Å². The molecule has 0 aliphatic heterocycles. The van der Waals surface area contributed by atoms with Gasteiger partial charge in [-0.3, -0.25) is 0 Å². The topological polar surface area (TPSA) is 185 Å². The van der Waals surface area contributed by atoms with Crippen LogP contribution in [0.3, 0.4) is 0 Å². The highest BCUT2D eigenvalue weighted by Gasteiger charge is 2.35. The molecule has 0 radical (unpaired) electrons. The summed E-state index contributed by atoms with van der Waals surface area (Å²) in [5, 5.41) is 36.6. The zero-order valence-electron chi connectivity index (χ0n) is 13.6. The molecule has 0 saturated heterocycles. The van der Waals surface area contributed by atoms with E-state index in [0.29, 0.717) is 0 Å². The van der Waals surface area contributed by atoms with Gasteiger partial charge in [0.25, 0.3) is 0 Å². The van der Waals surface area contributed by atoms with Crippen molar-refractivity contribution in [3.63, 3.8) is 0 Å². The van der Waals surface area contributed by atoms with Gasteiger partial charge in [0.2, 0.25) is 11.5 Å². The summed E-state index contributed by atoms with van der Waals surface area (Å²) >= 11 is 0. The van der Waals surface area contributed by atoms with Gasteiger partial charge in [0, 0.05) is 4.57 Å². The number of benzene rings is 2. The van der Waals surface area contributed by atoms with Gasteiger partial charge in [-0.2, -0.15) is 0 Å².